The van der Waals surface area contributed by atoms with Crippen molar-refractivity contribution in [2.75, 3.05) is 13.1 Å². The normalized spacial score (nSPS) is 17.9. The van der Waals surface area contributed by atoms with Gasteiger partial charge < -0.3 is 13.9 Å². The third-order valence-electron chi connectivity index (χ3n) is 7.60. The van der Waals surface area contributed by atoms with Gasteiger partial charge in [-0.3, -0.25) is 4.79 Å². The molecule has 2 aromatic heterocycles. The van der Waals surface area contributed by atoms with Crippen LogP contribution in [0.25, 0.3) is 44.5 Å². The second-order valence-corrected chi connectivity index (χ2v) is 10.1. The topological polar surface area (TPSA) is 51.3 Å². The van der Waals surface area contributed by atoms with Crippen molar-refractivity contribution in [2.24, 2.45) is 11.8 Å². The van der Waals surface area contributed by atoms with Crippen molar-refractivity contribution < 1.29 is 13.6 Å². The van der Waals surface area contributed by atoms with Crippen molar-refractivity contribution in [3.8, 4) is 22.5 Å². The van der Waals surface area contributed by atoms with Crippen LogP contribution in [0, 0.1) is 17.7 Å². The zero-order valence-electron chi connectivity index (χ0n) is 19.9. The number of carbonyl (C=O) groups is 1. The van der Waals surface area contributed by atoms with Crippen LogP contribution >= 0.6 is 0 Å². The highest BCUT2D eigenvalue weighted by atomic mass is 19.1. The maximum Gasteiger partial charge on any atom is 0.225 e. The third-order valence-corrected chi connectivity index (χ3v) is 7.60. The fourth-order valence-corrected chi connectivity index (χ4v) is 5.49. The molecule has 0 unspecified atom stereocenters. The van der Waals surface area contributed by atoms with Crippen LogP contribution in [-0.4, -0.2) is 33.4 Å². The van der Waals surface area contributed by atoms with E-state index in [1.807, 2.05) is 23.1 Å². The van der Waals surface area contributed by atoms with Crippen LogP contribution in [0.4, 0.5) is 4.39 Å². The summed E-state index contributed by atoms with van der Waals surface area (Å²) in [5, 5.41) is 1.08. The molecule has 1 aliphatic carbocycles. The van der Waals surface area contributed by atoms with Crippen molar-refractivity contribution >= 4 is 27.9 Å². The van der Waals surface area contributed by atoms with E-state index in [1.54, 1.807) is 6.26 Å². The first-order chi connectivity index (χ1) is 17.6. The molecular weight excluding hydrogens is 453 g/mol. The Morgan fingerprint density at radius 3 is 2.58 bits per heavy atom. The molecule has 1 atom stereocenters. The molecule has 0 radical (unpaired) electrons. The first-order valence-corrected chi connectivity index (χ1v) is 12.6. The van der Waals surface area contributed by atoms with Crippen molar-refractivity contribution in [1.29, 1.82) is 0 Å². The predicted octanol–water partition coefficient (Wildman–Crippen LogP) is 6.51. The van der Waals surface area contributed by atoms with E-state index >= 15 is 0 Å². The molecule has 1 aliphatic heterocycles. The van der Waals surface area contributed by atoms with Gasteiger partial charge in [0.15, 0.2) is 0 Å². The van der Waals surface area contributed by atoms with Gasteiger partial charge in [0, 0.05) is 42.6 Å². The molecule has 1 amide bonds. The molecule has 6 heteroatoms. The fraction of sp³-hybridized carbons (Fsp3) is 0.267. The molecule has 36 heavy (non-hydrogen) atoms. The van der Waals surface area contributed by atoms with Gasteiger partial charge in [-0.25, -0.2) is 9.37 Å². The lowest BCUT2D eigenvalue weighted by Gasteiger charge is -2.18. The number of carbonyl (C=O) groups excluding carboxylic acids is 1. The molecule has 1 saturated carbocycles. The summed E-state index contributed by atoms with van der Waals surface area (Å²) < 4.78 is 21.7. The maximum atomic E-state index is 14.0. The summed E-state index contributed by atoms with van der Waals surface area (Å²) >= 11 is 0. The third kappa shape index (κ3) is 3.77. The number of hydrogen-bond acceptors (Lipinski definition) is 3. The van der Waals surface area contributed by atoms with Gasteiger partial charge in [0.2, 0.25) is 5.91 Å². The molecule has 3 heterocycles. The molecular formula is C30H26FN3O2. The number of benzene rings is 3. The number of rotatable bonds is 5. The van der Waals surface area contributed by atoms with E-state index in [9.17, 15) is 9.18 Å². The van der Waals surface area contributed by atoms with Crippen LogP contribution in [0.3, 0.4) is 0 Å². The van der Waals surface area contributed by atoms with Crippen LogP contribution in [-0.2, 0) is 11.3 Å². The SMILES string of the molecule is O=C(C1CC1)N1CC[C@H](Cn2c(-c3ccc(-c4ccc5occc5c4)cc3)nc3cc(F)ccc32)C1. The highest BCUT2D eigenvalue weighted by molar-refractivity contribution is 5.85. The van der Waals surface area contributed by atoms with Crippen LogP contribution in [0.15, 0.2) is 77.4 Å². The first kappa shape index (κ1) is 21.4. The lowest BCUT2D eigenvalue weighted by atomic mass is 10.0. The number of imidazole rings is 1. The van der Waals surface area contributed by atoms with E-state index in [4.69, 9.17) is 9.40 Å². The monoisotopic (exact) mass is 479 g/mol. The molecule has 0 bridgehead atoms. The Kier molecular flexibility index (Phi) is 4.94. The smallest absolute Gasteiger partial charge is 0.225 e. The number of likely N-dealkylation sites (tertiary alicyclic amines) is 1. The number of hydrogen-bond donors (Lipinski definition) is 0. The molecule has 5 nitrogen and oxygen atoms in total. The summed E-state index contributed by atoms with van der Waals surface area (Å²) in [5.74, 6) is 1.48. The van der Waals surface area contributed by atoms with E-state index < -0.39 is 0 Å². The van der Waals surface area contributed by atoms with Gasteiger partial charge in [-0.05, 0) is 66.6 Å². The van der Waals surface area contributed by atoms with Crippen LogP contribution in [0.1, 0.15) is 19.3 Å². The van der Waals surface area contributed by atoms with Crippen molar-refractivity contribution in [3.63, 3.8) is 0 Å². The number of fused-ring (bicyclic) bond motifs is 2. The van der Waals surface area contributed by atoms with Crippen LogP contribution < -0.4 is 0 Å². The number of nitrogens with zero attached hydrogens (tertiary/aromatic N) is 3. The molecule has 7 rings (SSSR count). The fourth-order valence-electron chi connectivity index (χ4n) is 5.49. The van der Waals surface area contributed by atoms with Gasteiger partial charge >= 0.3 is 0 Å². The highest BCUT2D eigenvalue weighted by Gasteiger charge is 2.36. The Hall–Kier alpha value is -3.93. The number of aromatic nitrogens is 2. The van der Waals surface area contributed by atoms with E-state index in [2.05, 4.69) is 41.0 Å². The van der Waals surface area contributed by atoms with Gasteiger partial charge in [0.25, 0.3) is 0 Å². The predicted molar refractivity (Wildman–Crippen MR) is 138 cm³/mol. The Morgan fingerprint density at radius 2 is 1.75 bits per heavy atom. The Labute approximate surface area is 208 Å². The minimum atomic E-state index is -0.286. The Bertz CT molecular complexity index is 1600. The van der Waals surface area contributed by atoms with Crippen molar-refractivity contribution in [3.05, 3.63) is 78.8 Å². The summed E-state index contributed by atoms with van der Waals surface area (Å²) in [6, 6.07) is 21.3. The summed E-state index contributed by atoms with van der Waals surface area (Å²) in [6.07, 6.45) is 4.76. The summed E-state index contributed by atoms with van der Waals surface area (Å²) in [6.45, 7) is 2.36. The highest BCUT2D eigenvalue weighted by Crippen LogP contribution is 2.34. The Morgan fingerprint density at radius 1 is 0.944 bits per heavy atom. The number of halogens is 1. The van der Waals surface area contributed by atoms with Crippen LogP contribution in [0.5, 0.6) is 0 Å². The van der Waals surface area contributed by atoms with E-state index in [0.29, 0.717) is 17.3 Å². The second kappa shape index (κ2) is 8.33. The molecule has 3 aromatic carbocycles. The van der Waals surface area contributed by atoms with E-state index in [-0.39, 0.29) is 11.7 Å². The second-order valence-electron chi connectivity index (χ2n) is 10.1. The molecule has 0 spiro atoms. The quantitative estimate of drug-likeness (QED) is 0.289. The van der Waals surface area contributed by atoms with Crippen molar-refractivity contribution in [2.45, 2.75) is 25.8 Å². The Balaban J connectivity index is 1.21. The van der Waals surface area contributed by atoms with E-state index in [0.717, 1.165) is 77.9 Å². The lowest BCUT2D eigenvalue weighted by Crippen LogP contribution is -2.30. The zero-order valence-corrected chi connectivity index (χ0v) is 19.9. The van der Waals surface area contributed by atoms with Gasteiger partial charge in [0.05, 0.1) is 17.3 Å². The summed E-state index contributed by atoms with van der Waals surface area (Å²) in [5.41, 5.74) is 5.68. The average Bonchev–Trinajstić information content (AvgIpc) is 3.30. The van der Waals surface area contributed by atoms with Crippen LogP contribution in [0.2, 0.25) is 0 Å². The molecule has 1 saturated heterocycles. The molecule has 2 fully saturated rings. The van der Waals surface area contributed by atoms with Gasteiger partial charge in [-0.1, -0.05) is 30.3 Å². The number of furan rings is 1. The molecule has 2 aliphatic rings. The van der Waals surface area contributed by atoms with Gasteiger partial charge in [0.1, 0.15) is 17.2 Å². The standard InChI is InChI=1S/C30H26FN3O2/c31-25-8-9-27-26(16-25)32-29(34(27)18-19-11-13-33(17-19)30(35)22-5-6-22)21-3-1-20(2-4-21)23-7-10-28-24(15-23)12-14-36-28/h1-4,7-10,12,14-16,19,22H,5-6,11,13,17-18H2/t19-/m0/s1. The average molecular weight is 480 g/mol. The van der Waals surface area contributed by atoms with Crippen molar-refractivity contribution in [1.82, 2.24) is 14.5 Å². The summed E-state index contributed by atoms with van der Waals surface area (Å²) in [4.78, 5) is 19.4. The minimum absolute atomic E-state index is 0.254. The molecule has 5 aromatic rings. The summed E-state index contributed by atoms with van der Waals surface area (Å²) in [7, 11) is 0. The molecule has 180 valence electrons. The minimum Gasteiger partial charge on any atom is -0.464 e. The number of amides is 1. The van der Waals surface area contributed by atoms with E-state index in [1.165, 1.54) is 12.1 Å². The van der Waals surface area contributed by atoms with Gasteiger partial charge in [-0.15, -0.1) is 0 Å². The maximum absolute atomic E-state index is 14.0. The first-order valence-electron chi connectivity index (χ1n) is 12.6. The lowest BCUT2D eigenvalue weighted by molar-refractivity contribution is -0.131. The van der Waals surface area contributed by atoms with Gasteiger partial charge in [-0.2, -0.15) is 0 Å². The largest absolute Gasteiger partial charge is 0.464 e. The molecule has 0 N–H and O–H groups in total. The zero-order chi connectivity index (χ0) is 24.2.